The van der Waals surface area contributed by atoms with Crippen molar-refractivity contribution in [3.63, 3.8) is 0 Å². The van der Waals surface area contributed by atoms with Crippen molar-refractivity contribution in [2.24, 2.45) is 0 Å². The maximum atomic E-state index is 13.8. The molecule has 0 radical (unpaired) electrons. The number of rotatable bonds is 20. The predicted molar refractivity (Wildman–Crippen MR) is 473 cm³/mol. The zero-order valence-electron chi connectivity index (χ0n) is 71.8. The smallest absolute Gasteiger partial charge is 0.419 e. The molecule has 0 spiro atoms. The number of fused-ring (bicyclic) bond motifs is 5. The van der Waals surface area contributed by atoms with E-state index >= 15 is 0 Å². The fraction of sp³-hybridized carbons (Fsp3) is 0.479. The Labute approximate surface area is 729 Å². The molecule has 0 bridgehead atoms. The molecule has 6 fully saturated rings. The van der Waals surface area contributed by atoms with Crippen LogP contribution in [-0.4, -0.2) is 257 Å². The Hall–Kier alpha value is -12.4. The van der Waals surface area contributed by atoms with Gasteiger partial charge in [-0.2, -0.15) is 58.9 Å². The molecule has 9 aliphatic heterocycles. The van der Waals surface area contributed by atoms with Gasteiger partial charge in [-0.3, -0.25) is 19.4 Å². The van der Waals surface area contributed by atoms with Crippen molar-refractivity contribution >= 4 is 73.8 Å². The van der Waals surface area contributed by atoms with Gasteiger partial charge in [0, 0.05) is 148 Å². The molecule has 4 aromatic carbocycles. The highest BCUT2D eigenvalue weighted by Gasteiger charge is 2.41. The van der Waals surface area contributed by atoms with E-state index in [0.29, 0.717) is 140 Å². The third kappa shape index (κ3) is 20.0. The van der Waals surface area contributed by atoms with Gasteiger partial charge in [0.1, 0.15) is 37.3 Å². The molecule has 2 unspecified atom stereocenters. The van der Waals surface area contributed by atoms with Crippen LogP contribution in [0.15, 0.2) is 129 Å². The number of pyridine rings is 1. The van der Waals surface area contributed by atoms with Gasteiger partial charge >= 0.3 is 24.2 Å². The molecule has 28 nitrogen and oxygen atoms in total. The minimum Gasteiger partial charge on any atom is -0.462 e. The summed E-state index contributed by atoms with van der Waals surface area (Å²) in [6.45, 7) is 21.6. The summed E-state index contributed by atoms with van der Waals surface area (Å²) in [4.78, 5) is 95.8. The summed E-state index contributed by atoms with van der Waals surface area (Å²) in [6, 6.07) is 39.1. The number of piperazine rings is 3. The fourth-order valence-corrected chi connectivity index (χ4v) is 19.1. The first-order valence-corrected chi connectivity index (χ1v) is 43.7. The third-order valence-corrected chi connectivity index (χ3v) is 25.9. The molecule has 8 aromatic rings. The first-order valence-electron chi connectivity index (χ1n) is 43.7. The highest BCUT2D eigenvalue weighted by atomic mass is 19.4. The van der Waals surface area contributed by atoms with Gasteiger partial charge in [0.2, 0.25) is 11.8 Å². The Morgan fingerprint density at radius 1 is 0.456 bits per heavy atom. The Morgan fingerprint density at radius 2 is 0.840 bits per heavy atom. The number of aromatic nitrogens is 7. The number of likely N-dealkylation sites (tertiary alicyclic amines) is 3. The molecule has 6 saturated heterocycles. The van der Waals surface area contributed by atoms with E-state index in [-0.39, 0.29) is 79.4 Å². The standard InChI is InChI=1S/C33H37N7O2.C33H39N7O2.C28H33F3N8O2/c1-3-8-31(41)40-20-19-39(21-25(40)14-16-34)32-28-15-18-38(30-13-6-10-24-9-4-5-12-27(24)30)22-29(28)35-33(36-32)42-23-26-11-7-17-37(26)2;1-3-31(41)40-20-19-39(21-25(40)14-16-34)32-28-15-18-38(30-13-8-10-24-9-4-5-12-27(24)30)22-29(28)35-33(36-32)42-23-26-11-6-7-17-37(26)2;1-3-25(40)39-14-13-38(16-19(39)6-9-32)26-21-8-12-37(24-7-10-33-15-22(24)28(29,30)31)17-23(21)34-27(35-26)41-18-20-5-4-11-36(20)2/h4-6,9-10,12-13,25-26H,7,11,14-15,17-23H2,1-2H3;3-5,8-10,12-13,25-26H,1,6-7,11,14-15,17-23H2,2H3;3,7,10,15,19-20H,1,4-6,8,11-14,16-18H2,2H3/t25?,26-;25-,26-;19?,20-/m000/s1. The molecule has 3 amide bonds. The van der Waals surface area contributed by atoms with E-state index in [9.17, 15) is 43.3 Å². The number of ether oxygens (including phenoxy) is 3. The number of likely N-dealkylation sites (N-methyl/N-ethyl adjacent to an activating group) is 3. The largest absolute Gasteiger partial charge is 0.462 e. The van der Waals surface area contributed by atoms with Crippen LogP contribution in [0.25, 0.3) is 21.5 Å². The lowest BCUT2D eigenvalue weighted by atomic mass is 10.0. The molecule has 31 heteroatoms. The summed E-state index contributed by atoms with van der Waals surface area (Å²) >= 11 is 0. The van der Waals surface area contributed by atoms with Crippen LogP contribution in [0.5, 0.6) is 18.0 Å². The lowest BCUT2D eigenvalue weighted by Gasteiger charge is -2.42. The summed E-state index contributed by atoms with van der Waals surface area (Å²) in [7, 11) is 6.35. The normalized spacial score (nSPS) is 21.0. The Balaban J connectivity index is 0.000000145. The average Bonchev–Trinajstić information content (AvgIpc) is 1.50. The van der Waals surface area contributed by atoms with Crippen molar-refractivity contribution in [2.45, 2.75) is 152 Å². The van der Waals surface area contributed by atoms with Gasteiger partial charge in [-0.25, -0.2) is 0 Å². The van der Waals surface area contributed by atoms with E-state index < -0.39 is 11.7 Å². The number of nitriles is 3. The number of benzene rings is 4. The summed E-state index contributed by atoms with van der Waals surface area (Å²) < 4.78 is 60.1. The Bertz CT molecular complexity index is 5440. The van der Waals surface area contributed by atoms with Gasteiger partial charge in [0.15, 0.2) is 0 Å². The second-order valence-corrected chi connectivity index (χ2v) is 33.5. The van der Waals surface area contributed by atoms with Gasteiger partial charge < -0.3 is 73.0 Å². The van der Waals surface area contributed by atoms with Gasteiger partial charge in [0.25, 0.3) is 5.91 Å². The SMILES string of the molecule is C=CC(=O)N1CCN(c2nc(OC[C@@H]3CCCCN3C)nc3c2CCN(c2cccc4ccccc24)C3)C[C@@H]1CC#N.C=CC(=O)N1CCN(c2nc(OC[C@@H]3CCCN3C)nc3c2CCN(c2ccncc2C(F)(F)F)C3)CC1CC#N.CC#CC(=O)N1CCN(c2nc(OC[C@@H]3CCCN3C)nc3c2CCN(c2cccc4ccccc24)C3)CC1CC#N. The van der Waals surface area contributed by atoms with E-state index in [1.54, 1.807) is 26.5 Å². The maximum Gasteiger partial charge on any atom is 0.419 e. The number of piperidine rings is 1. The number of carbonyl (C=O) groups is 3. The number of carbonyl (C=O) groups excluding carboxylic acids is 3. The monoisotopic (exact) mass is 1700 g/mol. The van der Waals surface area contributed by atoms with Crippen LogP contribution in [-0.2, 0) is 59.5 Å². The molecule has 652 valence electrons. The molecular formula is C94H109F3N22O6. The van der Waals surface area contributed by atoms with Crippen molar-refractivity contribution in [3.8, 4) is 48.1 Å². The summed E-state index contributed by atoms with van der Waals surface area (Å²) in [5.41, 5.74) is 7.32. The van der Waals surface area contributed by atoms with Crippen LogP contribution in [0.4, 0.5) is 47.7 Å². The zero-order chi connectivity index (χ0) is 87.3. The Morgan fingerprint density at radius 3 is 1.23 bits per heavy atom. The van der Waals surface area contributed by atoms with Gasteiger partial charge in [-0.15, -0.1) is 0 Å². The topological polar surface area (TPSA) is 279 Å². The van der Waals surface area contributed by atoms with Crippen LogP contribution in [0, 0.1) is 45.8 Å². The number of hydrogen-bond donors (Lipinski definition) is 0. The van der Waals surface area contributed by atoms with Crippen LogP contribution < -0.4 is 43.6 Å². The molecule has 13 heterocycles. The minimum atomic E-state index is -4.54. The van der Waals surface area contributed by atoms with Crippen LogP contribution >= 0.6 is 0 Å². The quantitative estimate of drug-likeness (QED) is 0.0506. The molecule has 0 N–H and O–H groups in total. The summed E-state index contributed by atoms with van der Waals surface area (Å²) in [5, 5.41) is 33.4. The van der Waals surface area contributed by atoms with E-state index in [1.807, 2.05) is 11.9 Å². The second-order valence-electron chi connectivity index (χ2n) is 33.5. The highest BCUT2D eigenvalue weighted by molar-refractivity contribution is 5.96. The van der Waals surface area contributed by atoms with Crippen molar-refractivity contribution in [1.29, 1.82) is 15.8 Å². The molecule has 6 atom stereocenters. The zero-order valence-corrected chi connectivity index (χ0v) is 71.8. The van der Waals surface area contributed by atoms with Gasteiger partial charge in [0.05, 0.1) is 104 Å². The first-order chi connectivity index (χ1) is 60.8. The first kappa shape index (κ1) is 87.5. The molecule has 0 saturated carbocycles. The maximum absolute atomic E-state index is 13.8. The molecular weight excluding hydrogens is 1590 g/mol. The van der Waals surface area contributed by atoms with Crippen LogP contribution in [0.2, 0.25) is 0 Å². The Kier molecular flexibility index (Phi) is 28.0. The van der Waals surface area contributed by atoms with E-state index in [1.165, 1.54) is 76.6 Å². The van der Waals surface area contributed by atoms with Crippen molar-refractivity contribution in [1.82, 2.24) is 64.3 Å². The predicted octanol–water partition coefficient (Wildman–Crippen LogP) is 10.8. The molecule has 9 aliphatic rings. The number of hydrogen-bond acceptors (Lipinski definition) is 25. The second kappa shape index (κ2) is 40.0. The molecule has 4 aromatic heterocycles. The highest BCUT2D eigenvalue weighted by Crippen LogP contribution is 2.42. The lowest BCUT2D eigenvalue weighted by molar-refractivity contribution is -0.137. The van der Waals surface area contributed by atoms with Crippen molar-refractivity contribution < 1.29 is 41.8 Å². The minimum absolute atomic E-state index is 0.0546. The molecule has 0 aliphatic carbocycles. The van der Waals surface area contributed by atoms with Crippen molar-refractivity contribution in [3.05, 3.63) is 168 Å². The number of anilines is 6. The van der Waals surface area contributed by atoms with Gasteiger partial charge in [-0.05, 0) is 153 Å². The number of nitrogens with zero attached hydrogens (tertiary/aromatic N) is 22. The lowest BCUT2D eigenvalue weighted by Crippen LogP contribution is -2.55. The fourth-order valence-electron chi connectivity index (χ4n) is 19.1. The van der Waals surface area contributed by atoms with E-state index in [4.69, 9.17) is 39.1 Å². The molecule has 17 rings (SSSR count). The number of alkyl halides is 3. The number of amides is 3. The van der Waals surface area contributed by atoms with Crippen LogP contribution in [0.3, 0.4) is 0 Å². The van der Waals surface area contributed by atoms with Crippen LogP contribution in [0.1, 0.15) is 110 Å². The number of halogens is 3. The summed E-state index contributed by atoms with van der Waals surface area (Å²) in [5.74, 6) is 7.15. The van der Waals surface area contributed by atoms with E-state index in [0.717, 1.165) is 117 Å². The van der Waals surface area contributed by atoms with Crippen molar-refractivity contribution in [2.75, 3.05) is 169 Å². The van der Waals surface area contributed by atoms with Gasteiger partial charge in [-0.1, -0.05) is 98.3 Å². The third-order valence-electron chi connectivity index (χ3n) is 25.9. The summed E-state index contributed by atoms with van der Waals surface area (Å²) in [6.07, 6.45) is 10.8. The average molecular weight is 1700 g/mol. The molecule has 125 heavy (non-hydrogen) atoms. The van der Waals surface area contributed by atoms with E-state index in [2.05, 4.69) is 186 Å².